The maximum atomic E-state index is 10.1. The molecular formula is C17H29NO2S. The van der Waals surface area contributed by atoms with Gasteiger partial charge in [-0.1, -0.05) is 19.8 Å². The summed E-state index contributed by atoms with van der Waals surface area (Å²) in [5, 5.41) is 17.7. The number of hydrogen-bond donors (Lipinski definition) is 2. The van der Waals surface area contributed by atoms with Gasteiger partial charge < -0.3 is 15.2 Å². The van der Waals surface area contributed by atoms with E-state index in [1.54, 1.807) is 11.3 Å². The van der Waals surface area contributed by atoms with E-state index >= 15 is 0 Å². The van der Waals surface area contributed by atoms with Gasteiger partial charge in [0.15, 0.2) is 0 Å². The van der Waals surface area contributed by atoms with Gasteiger partial charge in [-0.05, 0) is 54.5 Å². The summed E-state index contributed by atoms with van der Waals surface area (Å²) >= 11 is 1.73. The Morgan fingerprint density at radius 3 is 2.95 bits per heavy atom. The minimum atomic E-state index is -0.413. The molecule has 4 heteroatoms. The Morgan fingerprint density at radius 1 is 1.43 bits per heavy atom. The minimum Gasteiger partial charge on any atom is -0.389 e. The Morgan fingerprint density at radius 2 is 2.24 bits per heavy atom. The first-order valence-electron chi connectivity index (χ1n) is 8.19. The van der Waals surface area contributed by atoms with Crippen molar-refractivity contribution in [3.05, 3.63) is 22.4 Å². The molecule has 1 fully saturated rings. The zero-order chi connectivity index (χ0) is 15.1. The molecule has 0 spiro atoms. The first kappa shape index (κ1) is 16.9. The number of rotatable bonds is 8. The molecule has 1 heterocycles. The second kappa shape index (κ2) is 8.89. The van der Waals surface area contributed by atoms with Crippen LogP contribution in [0.25, 0.3) is 0 Å². The SMILES string of the molecule is CC(Cc1ccsc1)NCC(O)COC1CCCCC1C. The van der Waals surface area contributed by atoms with Crippen molar-refractivity contribution in [2.24, 2.45) is 5.92 Å². The van der Waals surface area contributed by atoms with Crippen LogP contribution in [0.3, 0.4) is 0 Å². The van der Waals surface area contributed by atoms with Gasteiger partial charge in [0.25, 0.3) is 0 Å². The highest BCUT2D eigenvalue weighted by atomic mass is 32.1. The molecule has 1 aliphatic rings. The molecule has 1 aromatic heterocycles. The topological polar surface area (TPSA) is 41.5 Å². The fraction of sp³-hybridized carbons (Fsp3) is 0.765. The number of aliphatic hydroxyl groups excluding tert-OH is 1. The van der Waals surface area contributed by atoms with Crippen LogP contribution in [0.2, 0.25) is 0 Å². The fourth-order valence-corrected chi connectivity index (χ4v) is 3.68. The minimum absolute atomic E-state index is 0.344. The maximum Gasteiger partial charge on any atom is 0.0897 e. The van der Waals surface area contributed by atoms with Crippen molar-refractivity contribution >= 4 is 11.3 Å². The van der Waals surface area contributed by atoms with Gasteiger partial charge in [-0.2, -0.15) is 11.3 Å². The quantitative estimate of drug-likeness (QED) is 0.774. The molecule has 0 amide bonds. The van der Waals surface area contributed by atoms with Gasteiger partial charge in [-0.3, -0.25) is 0 Å². The molecule has 0 aliphatic heterocycles. The maximum absolute atomic E-state index is 10.1. The summed E-state index contributed by atoms with van der Waals surface area (Å²) in [6.07, 6.45) is 5.94. The highest BCUT2D eigenvalue weighted by molar-refractivity contribution is 7.07. The van der Waals surface area contributed by atoms with Crippen LogP contribution in [0.1, 0.15) is 45.1 Å². The van der Waals surface area contributed by atoms with E-state index in [0.717, 1.165) is 12.8 Å². The molecule has 1 aromatic rings. The van der Waals surface area contributed by atoms with Gasteiger partial charge in [0, 0.05) is 12.6 Å². The summed E-state index contributed by atoms with van der Waals surface area (Å²) in [5.74, 6) is 0.636. The highest BCUT2D eigenvalue weighted by Gasteiger charge is 2.22. The molecule has 2 rings (SSSR count). The third-order valence-electron chi connectivity index (χ3n) is 4.36. The second-order valence-corrected chi connectivity index (χ2v) is 7.21. The lowest BCUT2D eigenvalue weighted by atomic mass is 9.88. The second-order valence-electron chi connectivity index (χ2n) is 6.43. The molecule has 120 valence electrons. The molecule has 0 aromatic carbocycles. The van der Waals surface area contributed by atoms with Crippen molar-refractivity contribution in [3.63, 3.8) is 0 Å². The third kappa shape index (κ3) is 6.07. The average molecular weight is 311 g/mol. The molecule has 1 saturated carbocycles. The Labute approximate surface area is 132 Å². The third-order valence-corrected chi connectivity index (χ3v) is 5.09. The van der Waals surface area contributed by atoms with E-state index in [9.17, 15) is 5.11 Å². The first-order valence-corrected chi connectivity index (χ1v) is 9.13. The van der Waals surface area contributed by atoms with Crippen LogP contribution in [0.5, 0.6) is 0 Å². The fourth-order valence-electron chi connectivity index (χ4n) is 3.00. The predicted molar refractivity (Wildman–Crippen MR) is 88.9 cm³/mol. The van der Waals surface area contributed by atoms with Crippen molar-refractivity contribution in [2.75, 3.05) is 13.2 Å². The number of aliphatic hydroxyl groups is 1. The van der Waals surface area contributed by atoms with E-state index < -0.39 is 6.10 Å². The van der Waals surface area contributed by atoms with E-state index in [2.05, 4.69) is 36.0 Å². The van der Waals surface area contributed by atoms with Crippen molar-refractivity contribution in [3.8, 4) is 0 Å². The van der Waals surface area contributed by atoms with Gasteiger partial charge in [-0.15, -0.1) is 0 Å². The lowest BCUT2D eigenvalue weighted by molar-refractivity contribution is -0.0455. The summed E-state index contributed by atoms with van der Waals surface area (Å²) in [7, 11) is 0. The zero-order valence-electron chi connectivity index (χ0n) is 13.3. The Bertz CT molecular complexity index is 382. The smallest absolute Gasteiger partial charge is 0.0897 e. The summed E-state index contributed by atoms with van der Waals surface area (Å²) in [5.41, 5.74) is 1.36. The van der Waals surface area contributed by atoms with Crippen LogP contribution in [0, 0.1) is 5.92 Å². The molecule has 1 aliphatic carbocycles. The van der Waals surface area contributed by atoms with E-state index in [1.165, 1.54) is 24.8 Å². The van der Waals surface area contributed by atoms with Gasteiger partial charge in [-0.25, -0.2) is 0 Å². The normalized spacial score (nSPS) is 25.7. The molecule has 3 nitrogen and oxygen atoms in total. The average Bonchev–Trinajstić information content (AvgIpc) is 2.97. The Kier molecular flexibility index (Phi) is 7.17. The summed E-state index contributed by atoms with van der Waals surface area (Å²) in [6.45, 7) is 5.48. The highest BCUT2D eigenvalue weighted by Crippen LogP contribution is 2.26. The number of ether oxygens (including phenoxy) is 1. The van der Waals surface area contributed by atoms with E-state index in [-0.39, 0.29) is 0 Å². The van der Waals surface area contributed by atoms with Crippen molar-refractivity contribution in [2.45, 2.75) is 64.2 Å². The molecule has 0 saturated heterocycles. The van der Waals surface area contributed by atoms with Crippen LogP contribution in [-0.2, 0) is 11.2 Å². The van der Waals surface area contributed by atoms with Crippen molar-refractivity contribution < 1.29 is 9.84 Å². The molecule has 4 unspecified atom stereocenters. The van der Waals surface area contributed by atoms with E-state index in [1.807, 2.05) is 0 Å². The summed E-state index contributed by atoms with van der Waals surface area (Å²) in [6, 6.07) is 2.54. The van der Waals surface area contributed by atoms with Gasteiger partial charge in [0.2, 0.25) is 0 Å². The predicted octanol–water partition coefficient (Wildman–Crippen LogP) is 3.22. The van der Waals surface area contributed by atoms with Crippen molar-refractivity contribution in [1.82, 2.24) is 5.32 Å². The largest absolute Gasteiger partial charge is 0.389 e. The van der Waals surface area contributed by atoms with Gasteiger partial charge in [0.05, 0.1) is 18.8 Å². The van der Waals surface area contributed by atoms with Crippen molar-refractivity contribution in [1.29, 1.82) is 0 Å². The monoisotopic (exact) mass is 311 g/mol. The van der Waals surface area contributed by atoms with Crippen LogP contribution in [-0.4, -0.2) is 36.5 Å². The first-order chi connectivity index (χ1) is 10.1. The van der Waals surface area contributed by atoms with E-state index in [0.29, 0.717) is 31.2 Å². The number of hydrogen-bond acceptors (Lipinski definition) is 4. The van der Waals surface area contributed by atoms with E-state index in [4.69, 9.17) is 4.74 Å². The van der Waals surface area contributed by atoms with Gasteiger partial charge in [0.1, 0.15) is 0 Å². The van der Waals surface area contributed by atoms with Crippen LogP contribution in [0.15, 0.2) is 16.8 Å². The van der Waals surface area contributed by atoms with Crippen LogP contribution >= 0.6 is 11.3 Å². The number of nitrogens with one attached hydrogen (secondary N) is 1. The lowest BCUT2D eigenvalue weighted by Gasteiger charge is -2.29. The Hall–Kier alpha value is -0.420. The summed E-state index contributed by atoms with van der Waals surface area (Å²) < 4.78 is 5.91. The zero-order valence-corrected chi connectivity index (χ0v) is 14.1. The molecule has 0 radical (unpaired) electrons. The molecular weight excluding hydrogens is 282 g/mol. The molecule has 21 heavy (non-hydrogen) atoms. The molecule has 4 atom stereocenters. The van der Waals surface area contributed by atoms with Crippen LogP contribution in [0.4, 0.5) is 0 Å². The molecule has 2 N–H and O–H groups in total. The van der Waals surface area contributed by atoms with Crippen LogP contribution < -0.4 is 5.32 Å². The Balaban J connectivity index is 1.59. The lowest BCUT2D eigenvalue weighted by Crippen LogP contribution is -2.38. The summed E-state index contributed by atoms with van der Waals surface area (Å²) in [4.78, 5) is 0. The van der Waals surface area contributed by atoms with Gasteiger partial charge >= 0.3 is 0 Å². The number of thiophene rings is 1. The standard InChI is InChI=1S/C17H29NO2S/c1-13-5-3-4-6-17(13)20-11-16(19)10-18-14(2)9-15-7-8-21-12-15/h7-8,12-14,16-19H,3-6,9-11H2,1-2H3. The molecule has 0 bridgehead atoms.